The quantitative estimate of drug-likeness (QED) is 0.281. The Bertz CT molecular complexity index is 740. The molecule has 1 unspecified atom stereocenters. The standard InChI is InChI=1S/C18H21Cl3O6/c1-5-9(7-18(2,3)4)8-26-16(24)12-13(21)10(19)6-11(20)14(12)27-17(25)15(22)23/h6,9H,5,7-8H2,1-4H3,(H,22,23). The van der Waals surface area contributed by atoms with Gasteiger partial charge in [-0.1, -0.05) is 68.9 Å². The molecule has 0 aliphatic heterocycles. The number of aliphatic carboxylic acids is 1. The lowest BCUT2D eigenvalue weighted by Crippen LogP contribution is -2.23. The minimum atomic E-state index is -1.85. The van der Waals surface area contributed by atoms with Gasteiger partial charge in [0.1, 0.15) is 5.56 Å². The Hall–Kier alpha value is -1.50. The van der Waals surface area contributed by atoms with Gasteiger partial charge >= 0.3 is 17.9 Å². The van der Waals surface area contributed by atoms with Crippen LogP contribution in [0.3, 0.4) is 0 Å². The van der Waals surface area contributed by atoms with Crippen molar-refractivity contribution in [2.75, 3.05) is 6.61 Å². The van der Waals surface area contributed by atoms with Crippen LogP contribution in [0.2, 0.25) is 15.1 Å². The van der Waals surface area contributed by atoms with Crippen LogP contribution < -0.4 is 4.74 Å². The molecule has 0 amide bonds. The van der Waals surface area contributed by atoms with Crippen molar-refractivity contribution in [3.05, 3.63) is 26.7 Å². The zero-order valence-corrected chi connectivity index (χ0v) is 17.7. The number of esters is 2. The van der Waals surface area contributed by atoms with Gasteiger partial charge in [0.25, 0.3) is 0 Å². The van der Waals surface area contributed by atoms with Gasteiger partial charge < -0.3 is 14.6 Å². The lowest BCUT2D eigenvalue weighted by Gasteiger charge is -2.25. The number of ether oxygens (including phenoxy) is 2. The van der Waals surface area contributed by atoms with Gasteiger partial charge in [-0.25, -0.2) is 14.4 Å². The van der Waals surface area contributed by atoms with Crippen LogP contribution in [-0.2, 0) is 14.3 Å². The van der Waals surface area contributed by atoms with Crippen LogP contribution in [0.1, 0.15) is 50.9 Å². The molecule has 0 radical (unpaired) electrons. The highest BCUT2D eigenvalue weighted by atomic mass is 35.5. The summed E-state index contributed by atoms with van der Waals surface area (Å²) in [7, 11) is 0. The summed E-state index contributed by atoms with van der Waals surface area (Å²) in [4.78, 5) is 34.7. The van der Waals surface area contributed by atoms with Crippen LogP contribution in [0.15, 0.2) is 6.07 Å². The molecule has 9 heteroatoms. The second-order valence-electron chi connectivity index (χ2n) is 7.19. The van der Waals surface area contributed by atoms with E-state index in [9.17, 15) is 14.4 Å². The number of hydrogen-bond donors (Lipinski definition) is 1. The van der Waals surface area contributed by atoms with E-state index in [0.29, 0.717) is 0 Å². The molecule has 0 saturated carbocycles. The largest absolute Gasteiger partial charge is 0.473 e. The average Bonchev–Trinajstić information content (AvgIpc) is 2.55. The zero-order chi connectivity index (χ0) is 20.9. The SMILES string of the molecule is CCC(COC(=O)c1c(Cl)c(Cl)cc(Cl)c1OC(=O)C(=O)O)CC(C)(C)C. The molecule has 0 spiro atoms. The second-order valence-corrected chi connectivity index (χ2v) is 8.38. The number of carboxylic acids is 1. The molecule has 0 bridgehead atoms. The molecule has 0 aliphatic carbocycles. The Balaban J connectivity index is 3.14. The fourth-order valence-electron chi connectivity index (χ4n) is 2.45. The number of carbonyl (C=O) groups excluding carboxylic acids is 2. The van der Waals surface area contributed by atoms with Gasteiger partial charge in [-0.2, -0.15) is 0 Å². The van der Waals surface area contributed by atoms with Crippen molar-refractivity contribution in [2.45, 2.75) is 40.5 Å². The Morgan fingerprint density at radius 3 is 2.22 bits per heavy atom. The Kier molecular flexibility index (Phi) is 8.39. The van der Waals surface area contributed by atoms with E-state index in [4.69, 9.17) is 49.4 Å². The molecule has 0 heterocycles. The number of carbonyl (C=O) groups is 3. The minimum absolute atomic E-state index is 0.0479. The van der Waals surface area contributed by atoms with Crippen molar-refractivity contribution in [3.63, 3.8) is 0 Å². The number of halogens is 3. The summed E-state index contributed by atoms with van der Waals surface area (Å²) in [6, 6.07) is 1.14. The van der Waals surface area contributed by atoms with Crippen molar-refractivity contribution in [1.29, 1.82) is 0 Å². The van der Waals surface area contributed by atoms with Crippen LogP contribution in [0.5, 0.6) is 5.75 Å². The minimum Gasteiger partial charge on any atom is -0.473 e. The number of carboxylic acid groups (broad SMARTS) is 1. The summed E-state index contributed by atoms with van der Waals surface area (Å²) >= 11 is 17.9. The number of hydrogen-bond acceptors (Lipinski definition) is 5. The van der Waals surface area contributed by atoms with Crippen LogP contribution in [0, 0.1) is 11.3 Å². The predicted molar refractivity (Wildman–Crippen MR) is 103 cm³/mol. The highest BCUT2D eigenvalue weighted by Gasteiger charge is 2.28. The van der Waals surface area contributed by atoms with E-state index < -0.39 is 29.2 Å². The lowest BCUT2D eigenvalue weighted by atomic mass is 9.84. The van der Waals surface area contributed by atoms with E-state index in [0.717, 1.165) is 18.9 Å². The normalized spacial score (nSPS) is 12.4. The molecule has 1 aromatic rings. The lowest BCUT2D eigenvalue weighted by molar-refractivity contribution is -0.158. The Morgan fingerprint density at radius 1 is 1.15 bits per heavy atom. The fraction of sp³-hybridized carbons (Fsp3) is 0.500. The van der Waals surface area contributed by atoms with Crippen LogP contribution in [-0.4, -0.2) is 29.6 Å². The molecular formula is C18H21Cl3O6. The molecule has 6 nitrogen and oxygen atoms in total. The molecule has 0 saturated heterocycles. The monoisotopic (exact) mass is 438 g/mol. The van der Waals surface area contributed by atoms with Crippen molar-refractivity contribution in [3.8, 4) is 5.75 Å². The molecule has 1 rings (SSSR count). The summed E-state index contributed by atoms with van der Waals surface area (Å²) in [5, 5.41) is 8.16. The molecule has 1 aromatic carbocycles. The molecule has 0 fully saturated rings. The molecule has 1 N–H and O–H groups in total. The molecular weight excluding hydrogens is 419 g/mol. The first kappa shape index (κ1) is 23.5. The van der Waals surface area contributed by atoms with Crippen molar-refractivity contribution in [2.24, 2.45) is 11.3 Å². The maximum Gasteiger partial charge on any atom is 0.422 e. The maximum absolute atomic E-state index is 12.6. The van der Waals surface area contributed by atoms with Gasteiger partial charge in [-0.15, -0.1) is 0 Å². The smallest absolute Gasteiger partial charge is 0.422 e. The average molecular weight is 440 g/mol. The van der Waals surface area contributed by atoms with E-state index in [2.05, 4.69) is 20.8 Å². The number of benzene rings is 1. The highest BCUT2D eigenvalue weighted by molar-refractivity contribution is 6.46. The van der Waals surface area contributed by atoms with Gasteiger partial charge in [0.05, 0.1) is 21.7 Å². The Morgan fingerprint density at radius 2 is 1.74 bits per heavy atom. The van der Waals surface area contributed by atoms with E-state index in [1.165, 1.54) is 0 Å². The first-order chi connectivity index (χ1) is 12.4. The van der Waals surface area contributed by atoms with Gasteiger partial charge in [-0.3, -0.25) is 0 Å². The molecule has 0 aromatic heterocycles. The van der Waals surface area contributed by atoms with E-state index in [1.807, 2.05) is 6.92 Å². The Labute approximate surface area is 172 Å². The van der Waals surface area contributed by atoms with Crippen LogP contribution >= 0.6 is 34.8 Å². The van der Waals surface area contributed by atoms with Crippen LogP contribution in [0.4, 0.5) is 0 Å². The molecule has 27 heavy (non-hydrogen) atoms. The van der Waals surface area contributed by atoms with Gasteiger partial charge in [0.15, 0.2) is 5.75 Å². The topological polar surface area (TPSA) is 89.9 Å². The first-order valence-electron chi connectivity index (χ1n) is 8.17. The van der Waals surface area contributed by atoms with Gasteiger partial charge in [0.2, 0.25) is 0 Å². The van der Waals surface area contributed by atoms with E-state index >= 15 is 0 Å². The molecule has 150 valence electrons. The van der Waals surface area contributed by atoms with Crippen molar-refractivity contribution in [1.82, 2.24) is 0 Å². The summed E-state index contributed by atoms with van der Waals surface area (Å²) in [6.07, 6.45) is 1.61. The third-order valence-corrected chi connectivity index (χ3v) is 4.70. The molecule has 1 atom stereocenters. The third-order valence-electron chi connectivity index (χ3n) is 3.63. The highest BCUT2D eigenvalue weighted by Crippen LogP contribution is 2.40. The first-order valence-corrected chi connectivity index (χ1v) is 9.30. The third kappa shape index (κ3) is 6.87. The number of rotatable bonds is 6. The molecule has 0 aliphatic rings. The zero-order valence-electron chi connectivity index (χ0n) is 15.4. The van der Waals surface area contributed by atoms with Crippen molar-refractivity contribution >= 4 is 52.7 Å². The van der Waals surface area contributed by atoms with Crippen LogP contribution in [0.25, 0.3) is 0 Å². The van der Waals surface area contributed by atoms with Gasteiger partial charge in [0, 0.05) is 0 Å². The summed E-state index contributed by atoms with van der Waals surface area (Å²) in [5.41, 5.74) is -0.346. The summed E-state index contributed by atoms with van der Waals surface area (Å²) in [5.74, 6) is -4.79. The van der Waals surface area contributed by atoms with E-state index in [1.54, 1.807) is 0 Å². The summed E-state index contributed by atoms with van der Waals surface area (Å²) in [6.45, 7) is 8.32. The summed E-state index contributed by atoms with van der Waals surface area (Å²) < 4.78 is 10.0. The van der Waals surface area contributed by atoms with Crippen molar-refractivity contribution < 1.29 is 29.0 Å². The second kappa shape index (κ2) is 9.62. The van der Waals surface area contributed by atoms with E-state index in [-0.39, 0.29) is 33.0 Å². The predicted octanol–water partition coefficient (Wildman–Crippen LogP) is 5.26. The fourth-order valence-corrected chi connectivity index (χ4v) is 3.17. The van der Waals surface area contributed by atoms with Gasteiger partial charge in [-0.05, 0) is 23.8 Å². The maximum atomic E-state index is 12.6.